The summed E-state index contributed by atoms with van der Waals surface area (Å²) < 4.78 is 6.87. The Balaban J connectivity index is 1.98. The molecule has 0 aliphatic carbocycles. The summed E-state index contributed by atoms with van der Waals surface area (Å²) in [6, 6.07) is 10.0. The lowest BCUT2D eigenvalue weighted by Crippen LogP contribution is -2.39. The van der Waals surface area contributed by atoms with Crippen molar-refractivity contribution in [1.29, 1.82) is 0 Å². The van der Waals surface area contributed by atoms with Gasteiger partial charge in [0.1, 0.15) is 5.75 Å². The van der Waals surface area contributed by atoms with Gasteiger partial charge in [-0.1, -0.05) is 22.0 Å². The number of benzene rings is 1. The lowest BCUT2D eigenvalue weighted by atomic mass is 9.91. The summed E-state index contributed by atoms with van der Waals surface area (Å²) in [6.45, 7) is 4.03. The largest absolute Gasteiger partial charge is 0.494 e. The molecule has 1 aromatic heterocycles. The number of halogens is 1. The second-order valence-electron chi connectivity index (χ2n) is 6.45. The molecule has 0 bridgehead atoms. The molecular weight excluding hydrogens is 396 g/mol. The summed E-state index contributed by atoms with van der Waals surface area (Å²) in [5.41, 5.74) is 2.16. The van der Waals surface area contributed by atoms with Crippen LogP contribution in [-0.2, 0) is 4.79 Å². The molecular formula is C20H23BrN2O3. The molecule has 1 atom stereocenters. The van der Waals surface area contributed by atoms with Crippen LogP contribution < -0.4 is 4.74 Å². The van der Waals surface area contributed by atoms with Crippen LogP contribution >= 0.6 is 15.9 Å². The molecule has 26 heavy (non-hydrogen) atoms. The normalized spacial score (nSPS) is 17.0. The monoisotopic (exact) mass is 418 g/mol. The molecule has 1 aromatic carbocycles. The lowest BCUT2D eigenvalue weighted by Gasteiger charge is -2.37. The molecule has 5 nitrogen and oxygen atoms in total. The van der Waals surface area contributed by atoms with Crippen molar-refractivity contribution in [3.8, 4) is 5.75 Å². The number of carboxylic acids is 1. The summed E-state index contributed by atoms with van der Waals surface area (Å²) in [7, 11) is 0. The molecule has 1 unspecified atom stereocenters. The number of hydrogen-bond donors (Lipinski definition) is 1. The third-order valence-electron chi connectivity index (χ3n) is 4.81. The fraction of sp³-hybridized carbons (Fsp3) is 0.400. The van der Waals surface area contributed by atoms with Gasteiger partial charge in [-0.05, 0) is 62.7 Å². The number of ether oxygens (including phenoxy) is 1. The van der Waals surface area contributed by atoms with Crippen molar-refractivity contribution in [2.45, 2.75) is 25.8 Å². The van der Waals surface area contributed by atoms with Gasteiger partial charge in [-0.25, -0.2) is 0 Å². The third-order valence-corrected chi connectivity index (χ3v) is 5.30. The van der Waals surface area contributed by atoms with E-state index >= 15 is 0 Å². The molecule has 2 aromatic rings. The summed E-state index contributed by atoms with van der Waals surface area (Å²) in [5.74, 6) is -0.0976. The van der Waals surface area contributed by atoms with E-state index in [0.717, 1.165) is 34.4 Å². The number of hydrogen-bond acceptors (Lipinski definition) is 4. The van der Waals surface area contributed by atoms with E-state index in [1.165, 1.54) is 0 Å². The maximum absolute atomic E-state index is 11.3. The number of aromatic nitrogens is 1. The number of carboxylic acid groups (broad SMARTS) is 1. The van der Waals surface area contributed by atoms with Gasteiger partial charge in [0, 0.05) is 22.4 Å². The summed E-state index contributed by atoms with van der Waals surface area (Å²) in [5, 5.41) is 9.29. The van der Waals surface area contributed by atoms with Gasteiger partial charge in [-0.3, -0.25) is 14.7 Å². The summed E-state index contributed by atoms with van der Waals surface area (Å²) >= 11 is 3.57. The van der Waals surface area contributed by atoms with Gasteiger partial charge in [-0.15, -0.1) is 0 Å². The van der Waals surface area contributed by atoms with Crippen LogP contribution in [0.25, 0.3) is 0 Å². The Labute approximate surface area is 162 Å². The van der Waals surface area contributed by atoms with Crippen LogP contribution in [0, 0.1) is 5.92 Å². The van der Waals surface area contributed by atoms with E-state index in [4.69, 9.17) is 4.74 Å². The minimum absolute atomic E-state index is 0.0162. The van der Waals surface area contributed by atoms with Crippen LogP contribution in [0.1, 0.15) is 36.9 Å². The quantitative estimate of drug-likeness (QED) is 0.763. The topological polar surface area (TPSA) is 62.7 Å². The van der Waals surface area contributed by atoms with Crippen LogP contribution in [0.4, 0.5) is 0 Å². The molecule has 0 spiro atoms. The fourth-order valence-corrected chi connectivity index (χ4v) is 3.93. The molecule has 3 rings (SSSR count). The Morgan fingerprint density at radius 3 is 2.77 bits per heavy atom. The number of rotatable bonds is 6. The number of likely N-dealkylation sites (tertiary alicyclic amines) is 1. The Morgan fingerprint density at radius 1 is 1.38 bits per heavy atom. The van der Waals surface area contributed by atoms with Gasteiger partial charge >= 0.3 is 5.97 Å². The second-order valence-corrected chi connectivity index (χ2v) is 7.37. The highest BCUT2D eigenvalue weighted by Gasteiger charge is 2.31. The highest BCUT2D eigenvalue weighted by molar-refractivity contribution is 9.10. The predicted octanol–water partition coefficient (Wildman–Crippen LogP) is 4.13. The second kappa shape index (κ2) is 8.64. The molecule has 0 radical (unpaired) electrons. The molecule has 2 heterocycles. The zero-order chi connectivity index (χ0) is 18.5. The molecule has 1 fully saturated rings. The molecule has 1 aliphatic heterocycles. The van der Waals surface area contributed by atoms with E-state index in [0.29, 0.717) is 19.4 Å². The molecule has 1 saturated heterocycles. The van der Waals surface area contributed by atoms with Gasteiger partial charge in [0.25, 0.3) is 0 Å². The van der Waals surface area contributed by atoms with Gasteiger partial charge in [-0.2, -0.15) is 0 Å². The Kier molecular flexibility index (Phi) is 6.27. The number of pyridine rings is 1. The summed E-state index contributed by atoms with van der Waals surface area (Å²) in [4.78, 5) is 17.9. The first-order valence-corrected chi connectivity index (χ1v) is 9.68. The van der Waals surface area contributed by atoms with E-state index < -0.39 is 5.97 Å². The maximum atomic E-state index is 11.3. The van der Waals surface area contributed by atoms with E-state index in [1.54, 1.807) is 6.20 Å². The number of nitrogens with zero attached hydrogens (tertiary/aromatic N) is 2. The standard InChI is InChI=1S/C20H23BrN2O3/c1-2-26-18-6-5-16(21)12-17(18)19(15-4-3-9-22-13-15)23-10-7-14(8-11-23)20(24)25/h3-6,9,12-14,19H,2,7-8,10-11H2,1H3,(H,24,25). The van der Waals surface area contributed by atoms with Crippen molar-refractivity contribution in [2.24, 2.45) is 5.92 Å². The van der Waals surface area contributed by atoms with Crippen LogP contribution in [-0.4, -0.2) is 40.7 Å². The van der Waals surface area contributed by atoms with Crippen molar-refractivity contribution in [2.75, 3.05) is 19.7 Å². The van der Waals surface area contributed by atoms with E-state index in [2.05, 4.69) is 37.9 Å². The van der Waals surface area contributed by atoms with Crippen LogP contribution in [0.2, 0.25) is 0 Å². The number of piperidine rings is 1. The van der Waals surface area contributed by atoms with Gasteiger partial charge in [0.15, 0.2) is 0 Å². The molecule has 0 saturated carbocycles. The first-order chi connectivity index (χ1) is 12.6. The van der Waals surface area contributed by atoms with Crippen LogP contribution in [0.3, 0.4) is 0 Å². The molecule has 6 heteroatoms. The fourth-order valence-electron chi connectivity index (χ4n) is 3.55. The average Bonchev–Trinajstić information content (AvgIpc) is 2.65. The van der Waals surface area contributed by atoms with Crippen molar-refractivity contribution in [3.63, 3.8) is 0 Å². The van der Waals surface area contributed by atoms with Gasteiger partial charge in [0.05, 0.1) is 18.6 Å². The van der Waals surface area contributed by atoms with Crippen molar-refractivity contribution < 1.29 is 14.6 Å². The highest BCUT2D eigenvalue weighted by Crippen LogP contribution is 2.38. The number of carbonyl (C=O) groups is 1. The molecule has 0 amide bonds. The van der Waals surface area contributed by atoms with Crippen molar-refractivity contribution in [3.05, 3.63) is 58.3 Å². The maximum Gasteiger partial charge on any atom is 0.306 e. The molecule has 1 aliphatic rings. The van der Waals surface area contributed by atoms with Crippen LogP contribution in [0.15, 0.2) is 47.2 Å². The minimum atomic E-state index is -0.694. The van der Waals surface area contributed by atoms with E-state index in [-0.39, 0.29) is 12.0 Å². The molecule has 138 valence electrons. The first kappa shape index (κ1) is 18.9. The zero-order valence-corrected chi connectivity index (χ0v) is 16.4. The van der Waals surface area contributed by atoms with Crippen molar-refractivity contribution in [1.82, 2.24) is 9.88 Å². The molecule has 1 N–H and O–H groups in total. The van der Waals surface area contributed by atoms with E-state index in [9.17, 15) is 9.90 Å². The smallest absolute Gasteiger partial charge is 0.306 e. The minimum Gasteiger partial charge on any atom is -0.494 e. The van der Waals surface area contributed by atoms with Crippen molar-refractivity contribution >= 4 is 21.9 Å². The number of aliphatic carboxylic acids is 1. The highest BCUT2D eigenvalue weighted by atomic mass is 79.9. The Hall–Kier alpha value is -1.92. The SMILES string of the molecule is CCOc1ccc(Br)cc1C(c1cccnc1)N1CCC(C(=O)O)CC1. The third kappa shape index (κ3) is 4.24. The summed E-state index contributed by atoms with van der Waals surface area (Å²) in [6.07, 6.45) is 4.96. The zero-order valence-electron chi connectivity index (χ0n) is 14.8. The average molecular weight is 419 g/mol. The lowest BCUT2D eigenvalue weighted by molar-refractivity contribution is -0.143. The predicted molar refractivity (Wildman–Crippen MR) is 103 cm³/mol. The first-order valence-electron chi connectivity index (χ1n) is 8.89. The van der Waals surface area contributed by atoms with E-state index in [1.807, 2.05) is 31.3 Å². The van der Waals surface area contributed by atoms with Gasteiger partial charge < -0.3 is 9.84 Å². The Bertz CT molecular complexity index is 746. The van der Waals surface area contributed by atoms with Crippen LogP contribution in [0.5, 0.6) is 5.75 Å². The van der Waals surface area contributed by atoms with Gasteiger partial charge in [0.2, 0.25) is 0 Å². The Morgan fingerprint density at radius 2 is 2.15 bits per heavy atom.